The molecule has 3 rings (SSSR count). The lowest BCUT2D eigenvalue weighted by molar-refractivity contribution is 0.291. The first-order valence-corrected chi connectivity index (χ1v) is 9.27. The van der Waals surface area contributed by atoms with Crippen LogP contribution in [-0.2, 0) is 6.42 Å². The Balaban J connectivity index is 1.76. The lowest BCUT2D eigenvalue weighted by atomic mass is 9.82. The Bertz CT molecular complexity index is 475. The van der Waals surface area contributed by atoms with Crippen LogP contribution in [0.2, 0.25) is 0 Å². The molecule has 1 aromatic rings. The van der Waals surface area contributed by atoms with Gasteiger partial charge in [0.25, 0.3) is 0 Å². The number of nitrogens with two attached hydrogens (primary N) is 1. The summed E-state index contributed by atoms with van der Waals surface area (Å²) in [5, 5.41) is 0. The van der Waals surface area contributed by atoms with Crippen molar-refractivity contribution in [3.05, 3.63) is 29.3 Å². The van der Waals surface area contributed by atoms with Crippen molar-refractivity contribution in [2.24, 2.45) is 11.7 Å². The number of ether oxygens (including phenoxy) is 1. The highest BCUT2D eigenvalue weighted by Gasteiger charge is 2.24. The van der Waals surface area contributed by atoms with E-state index < -0.39 is 0 Å². The molecule has 2 fully saturated rings. The van der Waals surface area contributed by atoms with Crippen LogP contribution in [0.25, 0.3) is 0 Å². The molecule has 0 aliphatic heterocycles. The van der Waals surface area contributed by atoms with E-state index in [0.29, 0.717) is 5.92 Å². The van der Waals surface area contributed by atoms with Crippen LogP contribution in [-0.4, -0.2) is 12.6 Å². The van der Waals surface area contributed by atoms with E-state index in [-0.39, 0.29) is 6.04 Å². The highest BCUT2D eigenvalue weighted by atomic mass is 16.5. The second kappa shape index (κ2) is 7.50. The molecule has 1 aromatic carbocycles. The second-order valence-electron chi connectivity index (χ2n) is 7.33. The van der Waals surface area contributed by atoms with Gasteiger partial charge in [-0.2, -0.15) is 0 Å². The van der Waals surface area contributed by atoms with E-state index in [9.17, 15) is 0 Å². The zero-order valence-electron chi connectivity index (χ0n) is 14.0. The van der Waals surface area contributed by atoms with Crippen molar-refractivity contribution in [2.75, 3.05) is 6.61 Å². The fourth-order valence-electron chi connectivity index (χ4n) is 3.53. The predicted octanol–water partition coefficient (Wildman–Crippen LogP) is 4.80. The molecule has 0 heterocycles. The molecule has 1 atom stereocenters. The lowest BCUT2D eigenvalue weighted by Crippen LogP contribution is -2.21. The number of rotatable bonds is 7. The highest BCUT2D eigenvalue weighted by molar-refractivity contribution is 5.40. The summed E-state index contributed by atoms with van der Waals surface area (Å²) in [5.74, 6) is 2.65. The van der Waals surface area contributed by atoms with E-state index in [2.05, 4.69) is 25.1 Å². The fourth-order valence-corrected chi connectivity index (χ4v) is 3.53. The molecule has 2 saturated carbocycles. The van der Waals surface area contributed by atoms with E-state index in [1.54, 1.807) is 0 Å². The molecule has 0 amide bonds. The van der Waals surface area contributed by atoms with Crippen LogP contribution in [0.15, 0.2) is 18.2 Å². The summed E-state index contributed by atoms with van der Waals surface area (Å²) < 4.78 is 6.17. The van der Waals surface area contributed by atoms with Gasteiger partial charge in [0, 0.05) is 6.04 Å². The van der Waals surface area contributed by atoms with E-state index in [0.717, 1.165) is 31.1 Å². The van der Waals surface area contributed by atoms with Crippen molar-refractivity contribution in [1.29, 1.82) is 0 Å². The summed E-state index contributed by atoms with van der Waals surface area (Å²) in [6.07, 6.45) is 11.5. The van der Waals surface area contributed by atoms with Crippen LogP contribution in [0.5, 0.6) is 5.75 Å². The topological polar surface area (TPSA) is 35.2 Å². The van der Waals surface area contributed by atoms with Crippen LogP contribution in [0.3, 0.4) is 0 Å². The van der Waals surface area contributed by atoms with Crippen LogP contribution >= 0.6 is 0 Å². The van der Waals surface area contributed by atoms with Gasteiger partial charge in [-0.05, 0) is 67.6 Å². The van der Waals surface area contributed by atoms with Gasteiger partial charge in [0.1, 0.15) is 5.75 Å². The highest BCUT2D eigenvalue weighted by Crippen LogP contribution is 2.39. The number of hydrogen-bond acceptors (Lipinski definition) is 2. The van der Waals surface area contributed by atoms with Gasteiger partial charge in [-0.1, -0.05) is 38.3 Å². The standard InChI is InChI=1S/C20H31NO/c1-2-18(21)12-16-10-11-20(22-14-15-8-9-15)19(13-16)17-6-4-3-5-7-17/h10-11,13,15,17-18H,2-9,12,14,21H2,1H3. The molecule has 2 aliphatic carbocycles. The molecule has 0 aromatic heterocycles. The van der Waals surface area contributed by atoms with E-state index >= 15 is 0 Å². The first kappa shape index (κ1) is 15.9. The summed E-state index contributed by atoms with van der Waals surface area (Å²) >= 11 is 0. The second-order valence-corrected chi connectivity index (χ2v) is 7.33. The third-order valence-electron chi connectivity index (χ3n) is 5.31. The van der Waals surface area contributed by atoms with Crippen LogP contribution in [0.1, 0.15) is 75.3 Å². The summed E-state index contributed by atoms with van der Waals surface area (Å²) in [4.78, 5) is 0. The van der Waals surface area contributed by atoms with Gasteiger partial charge < -0.3 is 10.5 Å². The minimum atomic E-state index is 0.275. The third kappa shape index (κ3) is 4.25. The SMILES string of the molecule is CCC(N)Cc1ccc(OCC2CC2)c(C2CCCCC2)c1. The Morgan fingerprint density at radius 2 is 1.91 bits per heavy atom. The Morgan fingerprint density at radius 3 is 2.59 bits per heavy atom. The zero-order valence-corrected chi connectivity index (χ0v) is 14.0. The Hall–Kier alpha value is -1.02. The zero-order chi connectivity index (χ0) is 15.4. The van der Waals surface area contributed by atoms with E-state index in [1.807, 2.05) is 0 Å². The van der Waals surface area contributed by atoms with Gasteiger partial charge in [0.05, 0.1) is 6.61 Å². The van der Waals surface area contributed by atoms with Gasteiger partial charge in [-0.15, -0.1) is 0 Å². The molecule has 122 valence electrons. The average Bonchev–Trinajstić information content (AvgIpc) is 3.38. The first-order valence-electron chi connectivity index (χ1n) is 9.27. The molecule has 22 heavy (non-hydrogen) atoms. The summed E-state index contributed by atoms with van der Waals surface area (Å²) in [6.45, 7) is 3.08. The number of hydrogen-bond donors (Lipinski definition) is 1. The maximum absolute atomic E-state index is 6.17. The minimum Gasteiger partial charge on any atom is -0.493 e. The molecular formula is C20H31NO. The fraction of sp³-hybridized carbons (Fsp3) is 0.700. The predicted molar refractivity (Wildman–Crippen MR) is 92.5 cm³/mol. The van der Waals surface area contributed by atoms with Crippen molar-refractivity contribution in [3.8, 4) is 5.75 Å². The van der Waals surface area contributed by atoms with Crippen LogP contribution in [0, 0.1) is 5.92 Å². The molecule has 2 heteroatoms. The van der Waals surface area contributed by atoms with Crippen molar-refractivity contribution < 1.29 is 4.74 Å². The normalized spacial score (nSPS) is 20.8. The van der Waals surface area contributed by atoms with Crippen molar-refractivity contribution in [3.63, 3.8) is 0 Å². The summed E-state index contributed by atoms with van der Waals surface area (Å²) in [6, 6.07) is 7.11. The van der Waals surface area contributed by atoms with Crippen molar-refractivity contribution in [2.45, 2.75) is 76.7 Å². The molecule has 2 nitrogen and oxygen atoms in total. The molecule has 0 spiro atoms. The average molecular weight is 301 g/mol. The van der Waals surface area contributed by atoms with Crippen LogP contribution < -0.4 is 10.5 Å². The van der Waals surface area contributed by atoms with Gasteiger partial charge >= 0.3 is 0 Å². The van der Waals surface area contributed by atoms with Crippen LogP contribution in [0.4, 0.5) is 0 Å². The quantitative estimate of drug-likeness (QED) is 0.785. The molecule has 1 unspecified atom stereocenters. The Labute approximate surface area is 135 Å². The van der Waals surface area contributed by atoms with E-state index in [1.165, 1.54) is 56.1 Å². The lowest BCUT2D eigenvalue weighted by Gasteiger charge is -2.25. The molecule has 0 saturated heterocycles. The molecular weight excluding hydrogens is 270 g/mol. The van der Waals surface area contributed by atoms with E-state index in [4.69, 9.17) is 10.5 Å². The van der Waals surface area contributed by atoms with Gasteiger partial charge in [0.2, 0.25) is 0 Å². The molecule has 2 aliphatic rings. The van der Waals surface area contributed by atoms with Gasteiger partial charge in [-0.25, -0.2) is 0 Å². The maximum atomic E-state index is 6.17. The molecule has 0 bridgehead atoms. The van der Waals surface area contributed by atoms with Crippen molar-refractivity contribution in [1.82, 2.24) is 0 Å². The van der Waals surface area contributed by atoms with Gasteiger partial charge in [0.15, 0.2) is 0 Å². The van der Waals surface area contributed by atoms with Gasteiger partial charge in [-0.3, -0.25) is 0 Å². The first-order chi connectivity index (χ1) is 10.8. The summed E-state index contributed by atoms with van der Waals surface area (Å²) in [7, 11) is 0. The number of benzene rings is 1. The minimum absolute atomic E-state index is 0.275. The third-order valence-corrected chi connectivity index (χ3v) is 5.31. The molecule has 0 radical (unpaired) electrons. The maximum Gasteiger partial charge on any atom is 0.122 e. The smallest absolute Gasteiger partial charge is 0.122 e. The largest absolute Gasteiger partial charge is 0.493 e. The Kier molecular flexibility index (Phi) is 5.41. The monoisotopic (exact) mass is 301 g/mol. The molecule has 2 N–H and O–H groups in total. The van der Waals surface area contributed by atoms with Crippen molar-refractivity contribution >= 4 is 0 Å². The summed E-state index contributed by atoms with van der Waals surface area (Å²) in [5.41, 5.74) is 8.99. The Morgan fingerprint density at radius 1 is 1.14 bits per heavy atom.